The van der Waals surface area contributed by atoms with Crippen molar-refractivity contribution in [3.63, 3.8) is 0 Å². The minimum atomic E-state index is -0.973. The van der Waals surface area contributed by atoms with Crippen LogP contribution in [0.25, 0.3) is 0 Å². The van der Waals surface area contributed by atoms with Crippen LogP contribution in [0.1, 0.15) is 24.5 Å². The highest BCUT2D eigenvalue weighted by atomic mass is 35.5. The van der Waals surface area contributed by atoms with E-state index in [1.165, 1.54) is 12.1 Å². The Morgan fingerprint density at radius 1 is 1.43 bits per heavy atom. The number of nitrogens with one attached hydrogen (secondary N) is 2. The van der Waals surface area contributed by atoms with E-state index in [-0.39, 0.29) is 17.6 Å². The van der Waals surface area contributed by atoms with Crippen molar-refractivity contribution < 1.29 is 14.3 Å². The number of urea groups is 1. The lowest BCUT2D eigenvalue weighted by atomic mass is 10.1. The maximum atomic E-state index is 13.3. The highest BCUT2D eigenvalue weighted by molar-refractivity contribution is 7.98. The Kier molecular flexibility index (Phi) is 8.49. The normalized spacial score (nSPS) is 12.0. The predicted molar refractivity (Wildman–Crippen MR) is 85.4 cm³/mol. The van der Waals surface area contributed by atoms with Crippen LogP contribution in [0.2, 0.25) is 5.02 Å². The van der Waals surface area contributed by atoms with Gasteiger partial charge in [-0.05, 0) is 42.5 Å². The van der Waals surface area contributed by atoms with Crippen LogP contribution in [-0.4, -0.2) is 36.2 Å². The van der Waals surface area contributed by atoms with Gasteiger partial charge in [-0.2, -0.15) is 11.8 Å². The summed E-state index contributed by atoms with van der Waals surface area (Å²) in [5.41, 5.74) is 0.372. The van der Waals surface area contributed by atoms with E-state index in [0.717, 1.165) is 24.7 Å². The average molecular weight is 335 g/mol. The molecule has 0 radical (unpaired) electrons. The highest BCUT2D eigenvalue weighted by Crippen LogP contribution is 2.19. The van der Waals surface area contributed by atoms with Gasteiger partial charge < -0.3 is 15.7 Å². The Hall–Kier alpha value is -0.980. The highest BCUT2D eigenvalue weighted by Gasteiger charge is 2.11. The molecule has 0 aliphatic carbocycles. The first-order valence-electron chi connectivity index (χ1n) is 6.68. The molecule has 0 saturated carbocycles. The van der Waals surface area contributed by atoms with Gasteiger partial charge in [0, 0.05) is 13.1 Å². The van der Waals surface area contributed by atoms with Crippen molar-refractivity contribution in [3.8, 4) is 0 Å². The predicted octanol–water partition coefficient (Wildman–Crippen LogP) is 2.95. The molecule has 0 spiro atoms. The third-order valence-electron chi connectivity index (χ3n) is 2.85. The molecular formula is C14H20ClFN2O2S. The van der Waals surface area contributed by atoms with Gasteiger partial charge in [-0.15, -0.1) is 0 Å². The Bertz CT molecular complexity index is 463. The Morgan fingerprint density at radius 2 is 2.19 bits per heavy atom. The van der Waals surface area contributed by atoms with E-state index < -0.39 is 11.9 Å². The van der Waals surface area contributed by atoms with Gasteiger partial charge in [0.05, 0.1) is 11.1 Å². The Labute approximate surface area is 133 Å². The van der Waals surface area contributed by atoms with Gasteiger partial charge in [-0.1, -0.05) is 17.7 Å². The van der Waals surface area contributed by atoms with Crippen LogP contribution in [0.4, 0.5) is 9.18 Å². The summed E-state index contributed by atoms with van der Waals surface area (Å²) in [4.78, 5) is 11.5. The molecule has 0 heterocycles. The monoisotopic (exact) mass is 334 g/mol. The molecule has 0 aliphatic heterocycles. The third kappa shape index (κ3) is 7.02. The van der Waals surface area contributed by atoms with Gasteiger partial charge in [-0.3, -0.25) is 0 Å². The summed E-state index contributed by atoms with van der Waals surface area (Å²) in [6, 6.07) is 3.72. The zero-order valence-electron chi connectivity index (χ0n) is 11.9. The largest absolute Gasteiger partial charge is 0.387 e. The smallest absolute Gasteiger partial charge is 0.314 e. The van der Waals surface area contributed by atoms with E-state index >= 15 is 0 Å². The van der Waals surface area contributed by atoms with Crippen molar-refractivity contribution in [2.75, 3.05) is 25.1 Å². The summed E-state index contributed by atoms with van der Waals surface area (Å²) in [7, 11) is 0. The van der Waals surface area contributed by atoms with Crippen molar-refractivity contribution in [1.82, 2.24) is 10.6 Å². The molecule has 1 aromatic rings. The van der Waals surface area contributed by atoms with Gasteiger partial charge in [-0.25, -0.2) is 9.18 Å². The van der Waals surface area contributed by atoms with Crippen LogP contribution >= 0.6 is 23.4 Å². The fourth-order valence-corrected chi connectivity index (χ4v) is 2.27. The molecule has 0 bridgehead atoms. The molecule has 118 valence electrons. The number of hydrogen-bond donors (Lipinski definition) is 3. The quantitative estimate of drug-likeness (QED) is 0.640. The number of amides is 2. The molecule has 1 atom stereocenters. The second-order valence-electron chi connectivity index (χ2n) is 4.53. The van der Waals surface area contributed by atoms with Gasteiger partial charge in [0.1, 0.15) is 5.82 Å². The minimum Gasteiger partial charge on any atom is -0.387 e. The van der Waals surface area contributed by atoms with Crippen molar-refractivity contribution in [2.24, 2.45) is 0 Å². The summed E-state index contributed by atoms with van der Waals surface area (Å²) >= 11 is 7.34. The molecule has 0 fully saturated rings. The van der Waals surface area contributed by atoms with Crippen molar-refractivity contribution in [1.29, 1.82) is 0 Å². The van der Waals surface area contributed by atoms with Crippen molar-refractivity contribution in [2.45, 2.75) is 18.9 Å². The van der Waals surface area contributed by atoms with Crippen LogP contribution < -0.4 is 10.6 Å². The molecule has 0 aliphatic rings. The van der Waals surface area contributed by atoms with Crippen LogP contribution in [0, 0.1) is 5.82 Å². The molecule has 4 nitrogen and oxygen atoms in total. The lowest BCUT2D eigenvalue weighted by molar-refractivity contribution is 0.172. The number of unbranched alkanes of at least 4 members (excludes halogenated alkanes) is 1. The molecule has 7 heteroatoms. The lowest BCUT2D eigenvalue weighted by Crippen LogP contribution is -2.38. The number of carbonyl (C=O) groups excluding carboxylic acids is 1. The number of hydrogen-bond acceptors (Lipinski definition) is 3. The Morgan fingerprint density at radius 3 is 2.86 bits per heavy atom. The van der Waals surface area contributed by atoms with Crippen LogP contribution in [0.3, 0.4) is 0 Å². The molecule has 21 heavy (non-hydrogen) atoms. The Balaban J connectivity index is 2.27. The van der Waals surface area contributed by atoms with Crippen LogP contribution in [-0.2, 0) is 0 Å². The number of carbonyl (C=O) groups is 1. The maximum absolute atomic E-state index is 13.3. The van der Waals surface area contributed by atoms with E-state index in [2.05, 4.69) is 10.6 Å². The third-order valence-corrected chi connectivity index (χ3v) is 3.85. The summed E-state index contributed by atoms with van der Waals surface area (Å²) in [6.07, 6.45) is 3.04. The molecular weight excluding hydrogens is 315 g/mol. The molecule has 0 aromatic heterocycles. The fraction of sp³-hybridized carbons (Fsp3) is 0.500. The van der Waals surface area contributed by atoms with Gasteiger partial charge in [0.15, 0.2) is 0 Å². The summed E-state index contributed by atoms with van der Waals surface area (Å²) in [5, 5.41) is 15.1. The summed E-state index contributed by atoms with van der Waals surface area (Å²) < 4.78 is 13.3. The fourth-order valence-electron chi connectivity index (χ4n) is 1.66. The number of halogens is 2. The first-order valence-corrected chi connectivity index (χ1v) is 8.45. The van der Waals surface area contributed by atoms with E-state index in [1.54, 1.807) is 11.8 Å². The van der Waals surface area contributed by atoms with Crippen LogP contribution in [0.5, 0.6) is 0 Å². The number of aliphatic hydroxyl groups is 1. The lowest BCUT2D eigenvalue weighted by Gasteiger charge is -2.13. The van der Waals surface area contributed by atoms with Crippen LogP contribution in [0.15, 0.2) is 18.2 Å². The SMILES string of the molecule is CSCCCCNC(=O)NCC(O)c1ccc(Cl)c(F)c1. The summed E-state index contributed by atoms with van der Waals surface area (Å²) in [5.74, 6) is 0.482. The molecule has 1 rings (SSSR count). The summed E-state index contributed by atoms with van der Waals surface area (Å²) in [6.45, 7) is 0.607. The number of benzene rings is 1. The molecule has 0 saturated heterocycles. The molecule has 1 aromatic carbocycles. The number of rotatable bonds is 8. The minimum absolute atomic E-state index is 0.00175. The molecule has 3 N–H and O–H groups in total. The van der Waals surface area contributed by atoms with Gasteiger partial charge in [0.25, 0.3) is 0 Å². The molecule has 2 amide bonds. The maximum Gasteiger partial charge on any atom is 0.314 e. The number of aliphatic hydroxyl groups excluding tert-OH is 1. The second-order valence-corrected chi connectivity index (χ2v) is 5.92. The van der Waals surface area contributed by atoms with Gasteiger partial charge in [0.2, 0.25) is 0 Å². The van der Waals surface area contributed by atoms with E-state index in [4.69, 9.17) is 11.6 Å². The average Bonchev–Trinajstić information content (AvgIpc) is 2.47. The molecule has 1 unspecified atom stereocenters. The topological polar surface area (TPSA) is 61.4 Å². The standard InChI is InChI=1S/C14H20ClFN2O2S/c1-21-7-3-2-6-17-14(20)18-9-13(19)10-4-5-11(15)12(16)8-10/h4-5,8,13,19H,2-3,6-7,9H2,1H3,(H2,17,18,20). The first-order chi connectivity index (χ1) is 10.0. The zero-order valence-corrected chi connectivity index (χ0v) is 13.4. The van der Waals surface area contributed by atoms with Crippen molar-refractivity contribution >= 4 is 29.4 Å². The number of thioether (sulfide) groups is 1. The van der Waals surface area contributed by atoms with E-state index in [1.807, 2.05) is 6.26 Å². The van der Waals surface area contributed by atoms with Crippen molar-refractivity contribution in [3.05, 3.63) is 34.6 Å². The van der Waals surface area contributed by atoms with E-state index in [9.17, 15) is 14.3 Å². The second kappa shape index (κ2) is 9.87. The zero-order chi connectivity index (χ0) is 15.7. The van der Waals surface area contributed by atoms with E-state index in [0.29, 0.717) is 12.1 Å². The first kappa shape index (κ1) is 18.1. The van der Waals surface area contributed by atoms with Gasteiger partial charge >= 0.3 is 6.03 Å².